The van der Waals surface area contributed by atoms with Crippen molar-refractivity contribution in [3.05, 3.63) is 18.5 Å². The van der Waals surface area contributed by atoms with E-state index in [4.69, 9.17) is 0 Å². The molecule has 0 spiro atoms. The van der Waals surface area contributed by atoms with Gasteiger partial charge in [0.05, 0.1) is 6.67 Å². The first-order chi connectivity index (χ1) is 8.36. The molecule has 3 heterocycles. The fourth-order valence-electron chi connectivity index (χ4n) is 2.20. The van der Waals surface area contributed by atoms with E-state index in [9.17, 15) is 4.39 Å². The Bertz CT molecular complexity index is 503. The van der Waals surface area contributed by atoms with E-state index >= 15 is 0 Å². The Morgan fingerprint density at radius 2 is 2.12 bits per heavy atom. The summed E-state index contributed by atoms with van der Waals surface area (Å²) in [7, 11) is 0. The van der Waals surface area contributed by atoms with E-state index in [2.05, 4.69) is 20.2 Å². The molecule has 0 amide bonds. The van der Waals surface area contributed by atoms with Crippen LogP contribution in [0, 0.1) is 5.92 Å². The number of fused-ring (bicyclic) bond motifs is 1. The van der Waals surface area contributed by atoms with Gasteiger partial charge in [0.1, 0.15) is 12.1 Å². The Hall–Kier alpha value is -1.72. The van der Waals surface area contributed by atoms with Crippen molar-refractivity contribution in [2.75, 3.05) is 24.7 Å². The second kappa shape index (κ2) is 4.27. The van der Waals surface area contributed by atoms with Crippen molar-refractivity contribution >= 4 is 11.5 Å². The number of aromatic nitrogens is 4. The molecule has 6 heteroatoms. The van der Waals surface area contributed by atoms with Crippen molar-refractivity contribution < 1.29 is 4.39 Å². The molecule has 1 fully saturated rings. The van der Waals surface area contributed by atoms with Crippen LogP contribution in [0.3, 0.4) is 0 Å². The van der Waals surface area contributed by atoms with E-state index in [-0.39, 0.29) is 12.6 Å². The highest BCUT2D eigenvalue weighted by molar-refractivity contribution is 5.45. The molecular formula is C11H14FN5. The summed E-state index contributed by atoms with van der Waals surface area (Å²) in [5, 5.41) is 12.1. The van der Waals surface area contributed by atoms with Crippen molar-refractivity contribution in [1.82, 2.24) is 19.8 Å². The third-order valence-electron chi connectivity index (χ3n) is 3.30. The number of hydrogen-bond donors (Lipinski definition) is 0. The molecule has 2 aromatic rings. The summed E-state index contributed by atoms with van der Waals surface area (Å²) < 4.78 is 14.2. The van der Waals surface area contributed by atoms with E-state index in [1.165, 1.54) is 0 Å². The summed E-state index contributed by atoms with van der Waals surface area (Å²) in [6.45, 7) is 1.54. The first-order valence-electron chi connectivity index (χ1n) is 5.85. The van der Waals surface area contributed by atoms with Gasteiger partial charge in [0.2, 0.25) is 0 Å². The number of nitrogens with zero attached hydrogens (tertiary/aromatic N) is 5. The molecule has 0 aliphatic carbocycles. The maximum absolute atomic E-state index is 12.5. The molecule has 1 aliphatic rings. The van der Waals surface area contributed by atoms with Gasteiger partial charge in [-0.1, -0.05) is 0 Å². The molecule has 0 bridgehead atoms. The molecule has 17 heavy (non-hydrogen) atoms. The Balaban J connectivity index is 1.79. The Morgan fingerprint density at radius 3 is 2.88 bits per heavy atom. The average Bonchev–Trinajstić information content (AvgIpc) is 2.86. The first-order valence-corrected chi connectivity index (χ1v) is 5.85. The molecule has 1 aliphatic heterocycles. The quantitative estimate of drug-likeness (QED) is 0.787. The SMILES string of the molecule is FCC1CCN(c2ccc3nncn3n2)CC1. The van der Waals surface area contributed by atoms with Crippen LogP contribution in [0.15, 0.2) is 18.5 Å². The fourth-order valence-corrected chi connectivity index (χ4v) is 2.20. The summed E-state index contributed by atoms with van der Waals surface area (Å²) in [6.07, 6.45) is 3.39. The van der Waals surface area contributed by atoms with Crippen LogP contribution < -0.4 is 4.90 Å². The van der Waals surface area contributed by atoms with Crippen LogP contribution in [0.1, 0.15) is 12.8 Å². The molecule has 5 nitrogen and oxygen atoms in total. The summed E-state index contributed by atoms with van der Waals surface area (Å²) in [4.78, 5) is 2.19. The molecule has 3 rings (SSSR count). The van der Waals surface area contributed by atoms with Crippen LogP contribution in [0.25, 0.3) is 5.65 Å². The van der Waals surface area contributed by atoms with E-state index in [1.807, 2.05) is 12.1 Å². The monoisotopic (exact) mass is 235 g/mol. The summed E-state index contributed by atoms with van der Waals surface area (Å²) in [5.41, 5.74) is 0.743. The van der Waals surface area contributed by atoms with E-state index in [0.717, 1.165) is 37.4 Å². The number of alkyl halides is 1. The minimum absolute atomic E-state index is 0.203. The van der Waals surface area contributed by atoms with Crippen LogP contribution in [0.4, 0.5) is 10.2 Å². The number of rotatable bonds is 2. The summed E-state index contributed by atoms with van der Waals surface area (Å²) in [5.74, 6) is 1.14. The minimum atomic E-state index is -0.203. The molecule has 0 N–H and O–H groups in total. The molecule has 90 valence electrons. The first kappa shape index (κ1) is 10.4. The second-order valence-electron chi connectivity index (χ2n) is 4.41. The zero-order chi connectivity index (χ0) is 11.7. The normalized spacial score (nSPS) is 17.8. The van der Waals surface area contributed by atoms with Gasteiger partial charge in [-0.15, -0.1) is 15.3 Å². The Labute approximate surface area is 98.3 Å². The van der Waals surface area contributed by atoms with Crippen molar-refractivity contribution in [3.63, 3.8) is 0 Å². The summed E-state index contributed by atoms with van der Waals surface area (Å²) >= 11 is 0. The second-order valence-corrected chi connectivity index (χ2v) is 4.41. The highest BCUT2D eigenvalue weighted by atomic mass is 19.1. The van der Waals surface area contributed by atoms with Crippen LogP contribution >= 0.6 is 0 Å². The van der Waals surface area contributed by atoms with Crippen molar-refractivity contribution in [2.45, 2.75) is 12.8 Å². The predicted octanol–water partition coefficient (Wildman–Crippen LogP) is 1.31. The average molecular weight is 235 g/mol. The van der Waals surface area contributed by atoms with Gasteiger partial charge >= 0.3 is 0 Å². The molecule has 2 aromatic heterocycles. The van der Waals surface area contributed by atoms with Crippen LogP contribution in [-0.4, -0.2) is 39.6 Å². The lowest BCUT2D eigenvalue weighted by Crippen LogP contribution is -2.35. The smallest absolute Gasteiger partial charge is 0.177 e. The predicted molar refractivity (Wildman–Crippen MR) is 61.7 cm³/mol. The highest BCUT2D eigenvalue weighted by Gasteiger charge is 2.20. The van der Waals surface area contributed by atoms with Gasteiger partial charge in [-0.3, -0.25) is 4.39 Å². The Morgan fingerprint density at radius 1 is 1.29 bits per heavy atom. The fraction of sp³-hybridized carbons (Fsp3) is 0.545. The van der Waals surface area contributed by atoms with Crippen LogP contribution in [0.5, 0.6) is 0 Å². The molecule has 0 aromatic carbocycles. The third-order valence-corrected chi connectivity index (χ3v) is 3.30. The van der Waals surface area contributed by atoms with Gasteiger partial charge in [-0.25, -0.2) is 0 Å². The minimum Gasteiger partial charge on any atom is -0.355 e. The molecule has 0 radical (unpaired) electrons. The number of anilines is 1. The number of halogens is 1. The Kier molecular flexibility index (Phi) is 2.62. The largest absolute Gasteiger partial charge is 0.355 e. The highest BCUT2D eigenvalue weighted by Crippen LogP contribution is 2.21. The van der Waals surface area contributed by atoms with Crippen LogP contribution in [0.2, 0.25) is 0 Å². The van der Waals surface area contributed by atoms with Gasteiger partial charge in [0.15, 0.2) is 5.65 Å². The lowest BCUT2D eigenvalue weighted by Gasteiger charge is -2.31. The van der Waals surface area contributed by atoms with Gasteiger partial charge < -0.3 is 4.90 Å². The summed E-state index contributed by atoms with van der Waals surface area (Å²) in [6, 6.07) is 3.84. The zero-order valence-electron chi connectivity index (χ0n) is 9.46. The molecule has 0 saturated carbocycles. The van der Waals surface area contributed by atoms with E-state index in [1.54, 1.807) is 10.8 Å². The van der Waals surface area contributed by atoms with E-state index in [0.29, 0.717) is 0 Å². The van der Waals surface area contributed by atoms with Crippen molar-refractivity contribution in [3.8, 4) is 0 Å². The van der Waals surface area contributed by atoms with Crippen LogP contribution in [-0.2, 0) is 0 Å². The van der Waals surface area contributed by atoms with Gasteiger partial charge in [0.25, 0.3) is 0 Å². The van der Waals surface area contributed by atoms with E-state index < -0.39 is 0 Å². The maximum atomic E-state index is 12.5. The zero-order valence-corrected chi connectivity index (χ0v) is 9.46. The molecule has 0 atom stereocenters. The van der Waals surface area contributed by atoms with Crippen molar-refractivity contribution in [2.24, 2.45) is 5.92 Å². The molecule has 1 saturated heterocycles. The van der Waals surface area contributed by atoms with Crippen molar-refractivity contribution in [1.29, 1.82) is 0 Å². The number of hydrogen-bond acceptors (Lipinski definition) is 4. The third kappa shape index (κ3) is 1.94. The maximum Gasteiger partial charge on any atom is 0.177 e. The van der Waals surface area contributed by atoms with Gasteiger partial charge in [-0.2, -0.15) is 4.52 Å². The topological polar surface area (TPSA) is 46.3 Å². The standard InChI is InChI=1S/C11H14FN5/c12-7-9-3-5-16(6-4-9)11-2-1-10-14-13-8-17(10)15-11/h1-2,8-9H,3-7H2. The lowest BCUT2D eigenvalue weighted by atomic mass is 9.98. The number of piperidine rings is 1. The molecular weight excluding hydrogens is 221 g/mol. The van der Waals surface area contributed by atoms with Gasteiger partial charge in [0, 0.05) is 13.1 Å². The lowest BCUT2D eigenvalue weighted by molar-refractivity contribution is 0.307. The molecule has 0 unspecified atom stereocenters. The van der Waals surface area contributed by atoms with Gasteiger partial charge in [-0.05, 0) is 30.9 Å².